The highest BCUT2D eigenvalue weighted by molar-refractivity contribution is 7.89. The normalized spacial score (nSPS) is 12.1. The second kappa shape index (κ2) is 4.75. The van der Waals surface area contributed by atoms with Crippen molar-refractivity contribution in [2.45, 2.75) is 25.3 Å². The lowest BCUT2D eigenvalue weighted by Crippen LogP contribution is -2.23. The Morgan fingerprint density at radius 2 is 1.94 bits per heavy atom. The van der Waals surface area contributed by atoms with Crippen LogP contribution in [0.4, 0.5) is 0 Å². The number of carbonyl (C=O) groups excluding carboxylic acids is 1. The number of aryl methyl sites for hydroxylation is 1. The number of hydrogen-bond donors (Lipinski definition) is 0. The minimum atomic E-state index is -3.56. The molecule has 0 atom stereocenters. The van der Waals surface area contributed by atoms with Crippen molar-refractivity contribution in [3.05, 3.63) is 11.4 Å². The highest BCUT2D eigenvalue weighted by atomic mass is 35.5. The van der Waals surface area contributed by atoms with Crippen LogP contribution in [-0.4, -0.2) is 41.8 Å². The maximum Gasteiger partial charge on any atom is 0.246 e. The molecule has 0 radical (unpaired) electrons. The molecular weight excluding hydrogens is 266 g/mol. The standard InChI is InChI=1S/C9H14ClN3O3S/c1-6-9(17(15,16)12(3)4)7(2)13(11-6)5-8(10)14/h5H2,1-4H3. The number of halogens is 1. The van der Waals surface area contributed by atoms with E-state index in [1.54, 1.807) is 13.8 Å². The summed E-state index contributed by atoms with van der Waals surface area (Å²) in [6, 6.07) is 0. The van der Waals surface area contributed by atoms with Crippen molar-refractivity contribution < 1.29 is 13.2 Å². The Hall–Kier alpha value is -0.920. The Balaban J connectivity index is 3.38. The molecule has 96 valence electrons. The first-order chi connectivity index (χ1) is 7.67. The third-order valence-corrected chi connectivity index (χ3v) is 4.52. The molecule has 0 saturated carbocycles. The van der Waals surface area contributed by atoms with Crippen molar-refractivity contribution in [2.75, 3.05) is 14.1 Å². The zero-order valence-corrected chi connectivity index (χ0v) is 11.6. The third kappa shape index (κ3) is 2.67. The molecule has 1 heterocycles. The summed E-state index contributed by atoms with van der Waals surface area (Å²) < 4.78 is 26.5. The van der Waals surface area contributed by atoms with Gasteiger partial charge in [0, 0.05) is 14.1 Å². The smallest absolute Gasteiger partial charge is 0.246 e. The van der Waals surface area contributed by atoms with Gasteiger partial charge in [0.05, 0.1) is 11.4 Å². The molecule has 0 spiro atoms. The lowest BCUT2D eigenvalue weighted by Gasteiger charge is -2.11. The number of carbonyl (C=O) groups is 1. The van der Waals surface area contributed by atoms with Crippen LogP contribution in [0.5, 0.6) is 0 Å². The predicted molar refractivity (Wildman–Crippen MR) is 63.4 cm³/mol. The number of sulfonamides is 1. The molecule has 0 N–H and O–H groups in total. The van der Waals surface area contributed by atoms with Crippen molar-refractivity contribution in [2.24, 2.45) is 0 Å². The zero-order chi connectivity index (χ0) is 13.4. The van der Waals surface area contributed by atoms with Gasteiger partial charge in [-0.3, -0.25) is 9.48 Å². The van der Waals surface area contributed by atoms with Crippen LogP contribution < -0.4 is 0 Å². The Kier molecular flexibility index (Phi) is 3.95. The molecule has 1 rings (SSSR count). The van der Waals surface area contributed by atoms with E-state index in [0.717, 1.165) is 4.31 Å². The molecule has 0 aliphatic heterocycles. The Labute approximate surface area is 105 Å². The minimum Gasteiger partial charge on any atom is -0.279 e. The van der Waals surface area contributed by atoms with Crippen molar-refractivity contribution in [3.63, 3.8) is 0 Å². The molecule has 0 aliphatic carbocycles. The zero-order valence-electron chi connectivity index (χ0n) is 10.1. The molecular formula is C9H14ClN3O3S. The Morgan fingerprint density at radius 1 is 1.41 bits per heavy atom. The van der Waals surface area contributed by atoms with E-state index in [1.165, 1.54) is 18.8 Å². The van der Waals surface area contributed by atoms with E-state index in [0.29, 0.717) is 11.4 Å². The second-order valence-electron chi connectivity index (χ2n) is 3.80. The largest absolute Gasteiger partial charge is 0.279 e. The van der Waals surface area contributed by atoms with Crippen LogP contribution >= 0.6 is 11.6 Å². The van der Waals surface area contributed by atoms with Gasteiger partial charge < -0.3 is 0 Å². The van der Waals surface area contributed by atoms with E-state index in [4.69, 9.17) is 11.6 Å². The maximum atomic E-state index is 12.0. The fraction of sp³-hybridized carbons (Fsp3) is 0.556. The van der Waals surface area contributed by atoms with Crippen LogP contribution in [0, 0.1) is 13.8 Å². The molecule has 0 unspecified atom stereocenters. The summed E-state index contributed by atoms with van der Waals surface area (Å²) in [5.74, 6) is 0. The van der Waals surface area contributed by atoms with E-state index in [1.807, 2.05) is 0 Å². The van der Waals surface area contributed by atoms with Crippen LogP contribution in [0.3, 0.4) is 0 Å². The number of rotatable bonds is 4. The Bertz CT molecular complexity index is 548. The van der Waals surface area contributed by atoms with E-state index in [2.05, 4.69) is 5.10 Å². The van der Waals surface area contributed by atoms with Gasteiger partial charge in [-0.2, -0.15) is 5.10 Å². The van der Waals surface area contributed by atoms with Gasteiger partial charge in [0.15, 0.2) is 0 Å². The maximum absolute atomic E-state index is 12.0. The molecule has 6 nitrogen and oxygen atoms in total. The highest BCUT2D eigenvalue weighted by Crippen LogP contribution is 2.21. The first-order valence-corrected chi connectivity index (χ1v) is 6.64. The van der Waals surface area contributed by atoms with Crippen molar-refractivity contribution in [3.8, 4) is 0 Å². The quantitative estimate of drug-likeness (QED) is 0.753. The average Bonchev–Trinajstić information content (AvgIpc) is 2.40. The fourth-order valence-corrected chi connectivity index (χ4v) is 2.88. The number of aromatic nitrogens is 2. The molecule has 0 bridgehead atoms. The van der Waals surface area contributed by atoms with Gasteiger partial charge in [0.2, 0.25) is 15.3 Å². The summed E-state index contributed by atoms with van der Waals surface area (Å²) in [6.45, 7) is 3.03. The molecule has 1 aromatic rings. The summed E-state index contributed by atoms with van der Waals surface area (Å²) in [5.41, 5.74) is 0.763. The van der Waals surface area contributed by atoms with Gasteiger partial charge in [-0.05, 0) is 25.4 Å². The predicted octanol–water partition coefficient (Wildman–Crippen LogP) is 0.516. The third-order valence-electron chi connectivity index (χ3n) is 2.33. The van der Waals surface area contributed by atoms with Crippen molar-refractivity contribution in [1.82, 2.24) is 14.1 Å². The van der Waals surface area contributed by atoms with E-state index in [-0.39, 0.29) is 11.4 Å². The lowest BCUT2D eigenvalue weighted by atomic mass is 10.4. The van der Waals surface area contributed by atoms with E-state index >= 15 is 0 Å². The van der Waals surface area contributed by atoms with Crippen LogP contribution in [0.15, 0.2) is 4.90 Å². The average molecular weight is 280 g/mol. The van der Waals surface area contributed by atoms with Crippen LogP contribution in [-0.2, 0) is 21.4 Å². The topological polar surface area (TPSA) is 72.3 Å². The summed E-state index contributed by atoms with van der Waals surface area (Å²) in [6.07, 6.45) is 0. The van der Waals surface area contributed by atoms with Gasteiger partial charge in [-0.15, -0.1) is 0 Å². The minimum absolute atomic E-state index is 0.125. The molecule has 0 saturated heterocycles. The first-order valence-electron chi connectivity index (χ1n) is 4.82. The van der Waals surface area contributed by atoms with Gasteiger partial charge in [0.1, 0.15) is 11.4 Å². The molecule has 8 heteroatoms. The summed E-state index contributed by atoms with van der Waals surface area (Å²) in [5, 5.41) is 3.41. The van der Waals surface area contributed by atoms with Gasteiger partial charge in [-0.1, -0.05) is 0 Å². The van der Waals surface area contributed by atoms with E-state index < -0.39 is 15.3 Å². The molecule has 17 heavy (non-hydrogen) atoms. The van der Waals surface area contributed by atoms with Crippen molar-refractivity contribution >= 4 is 26.9 Å². The van der Waals surface area contributed by atoms with Crippen LogP contribution in [0.2, 0.25) is 0 Å². The van der Waals surface area contributed by atoms with Gasteiger partial charge >= 0.3 is 0 Å². The second-order valence-corrected chi connectivity index (χ2v) is 6.31. The molecule has 0 amide bonds. The van der Waals surface area contributed by atoms with E-state index in [9.17, 15) is 13.2 Å². The van der Waals surface area contributed by atoms with Crippen LogP contribution in [0.25, 0.3) is 0 Å². The molecule has 0 aromatic carbocycles. The monoisotopic (exact) mass is 279 g/mol. The summed E-state index contributed by atoms with van der Waals surface area (Å²) >= 11 is 5.26. The number of hydrogen-bond acceptors (Lipinski definition) is 4. The summed E-state index contributed by atoms with van der Waals surface area (Å²) in [4.78, 5) is 10.9. The SMILES string of the molecule is Cc1nn(CC(=O)Cl)c(C)c1S(=O)(=O)N(C)C. The lowest BCUT2D eigenvalue weighted by molar-refractivity contribution is -0.112. The van der Waals surface area contributed by atoms with Gasteiger partial charge in [-0.25, -0.2) is 12.7 Å². The Morgan fingerprint density at radius 3 is 2.35 bits per heavy atom. The van der Waals surface area contributed by atoms with Crippen LogP contribution in [0.1, 0.15) is 11.4 Å². The fourth-order valence-electron chi connectivity index (χ4n) is 1.51. The first kappa shape index (κ1) is 14.1. The van der Waals surface area contributed by atoms with Gasteiger partial charge in [0.25, 0.3) is 0 Å². The molecule has 0 aliphatic rings. The number of nitrogens with zero attached hydrogens (tertiary/aromatic N) is 3. The molecule has 0 fully saturated rings. The molecule has 1 aromatic heterocycles. The van der Waals surface area contributed by atoms with Crippen molar-refractivity contribution in [1.29, 1.82) is 0 Å². The highest BCUT2D eigenvalue weighted by Gasteiger charge is 2.26. The summed E-state index contributed by atoms with van der Waals surface area (Å²) in [7, 11) is -0.672.